The number of esters is 1. The van der Waals surface area contributed by atoms with Gasteiger partial charge in [-0.2, -0.15) is 0 Å². The van der Waals surface area contributed by atoms with Gasteiger partial charge in [0.1, 0.15) is 5.92 Å². The number of hydrogen-bond donors (Lipinski definition) is 1. The number of nitrogens with one attached hydrogen (secondary N) is 1. The topological polar surface area (TPSA) is 91.3 Å². The molecule has 0 bridgehead atoms. The zero-order valence-electron chi connectivity index (χ0n) is 22.3. The van der Waals surface area contributed by atoms with Crippen molar-refractivity contribution in [2.75, 3.05) is 38.0 Å². The third-order valence-corrected chi connectivity index (χ3v) is 6.26. The predicted molar refractivity (Wildman–Crippen MR) is 149 cm³/mol. The van der Waals surface area contributed by atoms with Crippen LogP contribution in [0.15, 0.2) is 77.8 Å². The molecular weight excluding hydrogens is 480 g/mol. The molecule has 0 radical (unpaired) electrons. The van der Waals surface area contributed by atoms with Crippen LogP contribution in [-0.2, 0) is 14.3 Å². The van der Waals surface area contributed by atoms with Crippen molar-refractivity contribution in [3.05, 3.63) is 89.5 Å². The third kappa shape index (κ3) is 5.65. The largest absolute Gasteiger partial charge is 0.465 e. The minimum Gasteiger partial charge on any atom is -0.465 e. The first-order valence-electron chi connectivity index (χ1n) is 12.4. The monoisotopic (exact) mass is 512 g/mol. The van der Waals surface area contributed by atoms with E-state index >= 15 is 0 Å². The summed E-state index contributed by atoms with van der Waals surface area (Å²) in [6.45, 7) is 4.27. The number of carbonyl (C=O) groups is 3. The number of amides is 2. The summed E-state index contributed by atoms with van der Waals surface area (Å²) in [7, 11) is 5.06. The van der Waals surface area contributed by atoms with Gasteiger partial charge in [-0.05, 0) is 75.5 Å². The maximum Gasteiger partial charge on any atom is 0.337 e. The van der Waals surface area contributed by atoms with Crippen LogP contribution in [0.3, 0.4) is 0 Å². The molecule has 0 fully saturated rings. The summed E-state index contributed by atoms with van der Waals surface area (Å²) in [6.07, 6.45) is 0. The number of aliphatic imine (C=N–C) groups is 1. The molecule has 38 heavy (non-hydrogen) atoms. The van der Waals surface area contributed by atoms with Crippen molar-refractivity contribution in [2.24, 2.45) is 4.99 Å². The highest BCUT2D eigenvalue weighted by Gasteiger charge is 2.36. The highest BCUT2D eigenvalue weighted by Crippen LogP contribution is 2.37. The number of nitrogens with zero attached hydrogens (tertiary/aromatic N) is 3. The molecule has 0 saturated carbocycles. The lowest BCUT2D eigenvalue weighted by Crippen LogP contribution is -2.42. The van der Waals surface area contributed by atoms with Gasteiger partial charge in [0.2, 0.25) is 11.8 Å². The van der Waals surface area contributed by atoms with Gasteiger partial charge in [-0.1, -0.05) is 36.4 Å². The summed E-state index contributed by atoms with van der Waals surface area (Å²) in [5, 5.41) is 2.89. The number of anilines is 2. The molecule has 4 rings (SSSR count). The molecular formula is C30H32N4O4. The number of ether oxygens (including phenoxy) is 1. The second-order valence-electron chi connectivity index (χ2n) is 9.69. The molecule has 0 spiro atoms. The first-order valence-corrected chi connectivity index (χ1v) is 12.4. The summed E-state index contributed by atoms with van der Waals surface area (Å²) in [4.78, 5) is 46.6. The molecule has 1 N–H and O–H groups in total. The highest BCUT2D eigenvalue weighted by atomic mass is 16.5. The maximum absolute atomic E-state index is 13.2. The number of carbonyl (C=O) groups excluding carboxylic acids is 3. The van der Waals surface area contributed by atoms with E-state index in [0.29, 0.717) is 29.2 Å². The van der Waals surface area contributed by atoms with Crippen molar-refractivity contribution < 1.29 is 19.1 Å². The Kier molecular flexibility index (Phi) is 8.02. The molecule has 1 aliphatic heterocycles. The van der Waals surface area contributed by atoms with Crippen LogP contribution in [0.25, 0.3) is 0 Å². The smallest absolute Gasteiger partial charge is 0.337 e. The Morgan fingerprint density at radius 2 is 1.66 bits per heavy atom. The number of rotatable bonds is 8. The number of benzene rings is 3. The van der Waals surface area contributed by atoms with E-state index in [1.165, 1.54) is 7.11 Å². The van der Waals surface area contributed by atoms with Gasteiger partial charge in [0, 0.05) is 17.4 Å². The summed E-state index contributed by atoms with van der Waals surface area (Å²) in [5.41, 5.74) is 4.50. The Labute approximate surface area is 222 Å². The molecule has 1 heterocycles. The number of hydrogen-bond acceptors (Lipinski definition) is 6. The minimum absolute atomic E-state index is 0.00903. The number of likely N-dealkylation sites (N-methyl/N-ethyl adjacent to an activating group) is 1. The van der Waals surface area contributed by atoms with Crippen LogP contribution in [0.2, 0.25) is 0 Å². The van der Waals surface area contributed by atoms with Crippen molar-refractivity contribution in [2.45, 2.75) is 25.8 Å². The SMILES string of the molecule is COC(=O)c1ccc2c(c1)NC(=O)C2C(=Nc1ccc(N(C(=O)CN(C)C)C(C)C)cc1)c1ccccc1. The fraction of sp³-hybridized carbons (Fsp3) is 0.267. The second kappa shape index (κ2) is 11.4. The standard InChI is InChI=1S/C30H32N4O4/c1-19(2)34(26(35)18-33(3)4)23-14-12-22(13-15-23)31-28(20-9-7-6-8-10-20)27-24-16-11-21(30(37)38-5)17-25(24)32-29(27)36/h6-17,19,27H,18H2,1-5H3,(H,32,36). The summed E-state index contributed by atoms with van der Waals surface area (Å²) in [5.74, 6) is -1.34. The summed E-state index contributed by atoms with van der Waals surface area (Å²) < 4.78 is 4.82. The van der Waals surface area contributed by atoms with E-state index in [0.717, 1.165) is 16.8 Å². The van der Waals surface area contributed by atoms with E-state index in [1.54, 1.807) is 23.1 Å². The van der Waals surface area contributed by atoms with Gasteiger partial charge in [0.05, 0.1) is 30.6 Å². The molecule has 1 unspecified atom stereocenters. The third-order valence-electron chi connectivity index (χ3n) is 6.26. The first kappa shape index (κ1) is 26.8. The average Bonchev–Trinajstić information content (AvgIpc) is 3.22. The van der Waals surface area contributed by atoms with Crippen LogP contribution in [0, 0.1) is 0 Å². The van der Waals surface area contributed by atoms with Crippen molar-refractivity contribution >= 4 is 40.6 Å². The second-order valence-corrected chi connectivity index (χ2v) is 9.69. The Morgan fingerprint density at radius 1 is 0.974 bits per heavy atom. The molecule has 196 valence electrons. The van der Waals surface area contributed by atoms with E-state index in [1.807, 2.05) is 87.4 Å². The fourth-order valence-corrected chi connectivity index (χ4v) is 4.59. The number of fused-ring (bicyclic) bond motifs is 1. The summed E-state index contributed by atoms with van der Waals surface area (Å²) >= 11 is 0. The zero-order chi connectivity index (χ0) is 27.4. The van der Waals surface area contributed by atoms with Crippen molar-refractivity contribution in [3.8, 4) is 0 Å². The zero-order valence-corrected chi connectivity index (χ0v) is 22.3. The van der Waals surface area contributed by atoms with E-state index < -0.39 is 11.9 Å². The Balaban J connectivity index is 1.73. The van der Waals surface area contributed by atoms with Crippen LogP contribution in [0.4, 0.5) is 17.1 Å². The molecule has 8 nitrogen and oxygen atoms in total. The van der Waals surface area contributed by atoms with E-state index in [2.05, 4.69) is 5.32 Å². The van der Waals surface area contributed by atoms with Gasteiger partial charge in [-0.3, -0.25) is 14.6 Å². The van der Waals surface area contributed by atoms with Gasteiger partial charge >= 0.3 is 5.97 Å². The Bertz CT molecular complexity index is 1360. The molecule has 0 aromatic heterocycles. The van der Waals surface area contributed by atoms with Gasteiger partial charge in [0.25, 0.3) is 0 Å². The molecule has 1 aliphatic rings. The van der Waals surface area contributed by atoms with Gasteiger partial charge in [-0.15, -0.1) is 0 Å². The lowest BCUT2D eigenvalue weighted by Gasteiger charge is -2.28. The normalized spacial score (nSPS) is 14.9. The number of methoxy groups -OCH3 is 1. The van der Waals surface area contributed by atoms with Crippen LogP contribution in [0.5, 0.6) is 0 Å². The molecule has 2 amide bonds. The molecule has 3 aromatic carbocycles. The maximum atomic E-state index is 13.2. The van der Waals surface area contributed by atoms with Gasteiger partial charge in [0.15, 0.2) is 0 Å². The van der Waals surface area contributed by atoms with Crippen molar-refractivity contribution in [3.63, 3.8) is 0 Å². The Hall–Kier alpha value is -4.30. The molecule has 1 atom stereocenters. The van der Waals surface area contributed by atoms with Crippen LogP contribution in [0.1, 0.15) is 41.3 Å². The quantitative estimate of drug-likeness (QED) is 0.351. The van der Waals surface area contributed by atoms with Crippen LogP contribution in [-0.4, -0.2) is 62.2 Å². The lowest BCUT2D eigenvalue weighted by molar-refractivity contribution is -0.119. The van der Waals surface area contributed by atoms with E-state index in [-0.39, 0.29) is 17.9 Å². The van der Waals surface area contributed by atoms with Gasteiger partial charge in [-0.25, -0.2) is 4.79 Å². The van der Waals surface area contributed by atoms with Gasteiger partial charge < -0.3 is 19.9 Å². The highest BCUT2D eigenvalue weighted by molar-refractivity contribution is 6.24. The molecule has 0 saturated heterocycles. The summed E-state index contributed by atoms with van der Waals surface area (Å²) in [6, 6.07) is 22.0. The van der Waals surface area contributed by atoms with Crippen LogP contribution < -0.4 is 10.2 Å². The predicted octanol–water partition coefficient (Wildman–Crippen LogP) is 4.63. The van der Waals surface area contributed by atoms with Crippen molar-refractivity contribution in [1.29, 1.82) is 0 Å². The lowest BCUT2D eigenvalue weighted by atomic mass is 9.90. The minimum atomic E-state index is -0.660. The Morgan fingerprint density at radius 3 is 2.26 bits per heavy atom. The fourth-order valence-electron chi connectivity index (χ4n) is 4.59. The van der Waals surface area contributed by atoms with E-state index in [9.17, 15) is 14.4 Å². The average molecular weight is 513 g/mol. The first-order chi connectivity index (χ1) is 18.2. The molecule has 8 heteroatoms. The van der Waals surface area contributed by atoms with Crippen molar-refractivity contribution in [1.82, 2.24) is 4.90 Å². The van der Waals surface area contributed by atoms with E-state index in [4.69, 9.17) is 9.73 Å². The van der Waals surface area contributed by atoms with Crippen LogP contribution >= 0.6 is 0 Å². The molecule has 0 aliphatic carbocycles. The molecule has 3 aromatic rings.